The summed E-state index contributed by atoms with van der Waals surface area (Å²) in [5.74, 6) is 0.992. The van der Waals surface area contributed by atoms with Crippen molar-refractivity contribution in [1.82, 2.24) is 0 Å². The van der Waals surface area contributed by atoms with Crippen molar-refractivity contribution < 1.29 is 4.74 Å². The van der Waals surface area contributed by atoms with Crippen molar-refractivity contribution in [3.63, 3.8) is 0 Å². The SMILES string of the molecule is CCCCCCCCOc1ccccc1.NCCN. The molecule has 0 aliphatic heterocycles. The normalized spacial score (nSPS) is 9.63. The minimum absolute atomic E-state index is 0.597. The van der Waals surface area contributed by atoms with E-state index in [1.807, 2.05) is 30.3 Å². The Morgan fingerprint density at radius 2 is 1.42 bits per heavy atom. The maximum absolute atomic E-state index is 5.61. The van der Waals surface area contributed by atoms with Crippen molar-refractivity contribution in [2.45, 2.75) is 45.4 Å². The van der Waals surface area contributed by atoms with E-state index in [1.165, 1.54) is 38.5 Å². The lowest BCUT2D eigenvalue weighted by Gasteiger charge is -2.05. The molecule has 0 bridgehead atoms. The van der Waals surface area contributed by atoms with Gasteiger partial charge in [0.15, 0.2) is 0 Å². The molecule has 0 saturated heterocycles. The summed E-state index contributed by atoms with van der Waals surface area (Å²) in [7, 11) is 0. The van der Waals surface area contributed by atoms with Gasteiger partial charge >= 0.3 is 0 Å². The first kappa shape index (κ1) is 17.9. The predicted octanol–water partition coefficient (Wildman–Crippen LogP) is 3.33. The van der Waals surface area contributed by atoms with Gasteiger partial charge in [-0.25, -0.2) is 0 Å². The second kappa shape index (κ2) is 15.0. The van der Waals surface area contributed by atoms with Crippen LogP contribution in [-0.4, -0.2) is 19.7 Å². The van der Waals surface area contributed by atoms with E-state index in [0.29, 0.717) is 13.1 Å². The van der Waals surface area contributed by atoms with Gasteiger partial charge in [-0.05, 0) is 18.6 Å². The van der Waals surface area contributed by atoms with E-state index in [9.17, 15) is 0 Å². The van der Waals surface area contributed by atoms with E-state index in [2.05, 4.69) is 6.92 Å². The van der Waals surface area contributed by atoms with Crippen LogP contribution in [0.4, 0.5) is 0 Å². The molecular weight excluding hydrogens is 236 g/mol. The Balaban J connectivity index is 0.000000711. The molecule has 110 valence electrons. The number of ether oxygens (including phenoxy) is 1. The number of para-hydroxylation sites is 1. The molecule has 3 heteroatoms. The molecule has 0 fully saturated rings. The highest BCUT2D eigenvalue weighted by Crippen LogP contribution is 2.10. The van der Waals surface area contributed by atoms with Crippen LogP contribution in [0, 0.1) is 0 Å². The van der Waals surface area contributed by atoms with E-state index in [4.69, 9.17) is 16.2 Å². The molecule has 1 aromatic carbocycles. The summed E-state index contributed by atoms with van der Waals surface area (Å²) in [6.07, 6.45) is 7.90. The minimum atomic E-state index is 0.597. The molecule has 0 amide bonds. The zero-order valence-corrected chi connectivity index (χ0v) is 12.3. The topological polar surface area (TPSA) is 61.3 Å². The van der Waals surface area contributed by atoms with Crippen LogP contribution in [0.25, 0.3) is 0 Å². The summed E-state index contributed by atoms with van der Waals surface area (Å²) in [6, 6.07) is 10.1. The highest BCUT2D eigenvalue weighted by atomic mass is 16.5. The number of rotatable bonds is 9. The van der Waals surface area contributed by atoms with Gasteiger partial charge in [-0.3, -0.25) is 0 Å². The number of hydrogen-bond acceptors (Lipinski definition) is 3. The summed E-state index contributed by atoms with van der Waals surface area (Å²) < 4.78 is 5.61. The molecule has 0 radical (unpaired) electrons. The number of nitrogens with two attached hydrogens (primary N) is 2. The van der Waals surface area contributed by atoms with Crippen molar-refractivity contribution in [2.75, 3.05) is 19.7 Å². The Labute approximate surface area is 118 Å². The Morgan fingerprint density at radius 1 is 0.842 bits per heavy atom. The molecule has 1 rings (SSSR count). The molecule has 0 unspecified atom stereocenters. The van der Waals surface area contributed by atoms with Gasteiger partial charge in [0.25, 0.3) is 0 Å². The average Bonchev–Trinajstić information content (AvgIpc) is 2.48. The van der Waals surface area contributed by atoms with Gasteiger partial charge in [-0.15, -0.1) is 0 Å². The fraction of sp³-hybridized carbons (Fsp3) is 0.625. The van der Waals surface area contributed by atoms with E-state index in [0.717, 1.165) is 12.4 Å². The molecular formula is C16H30N2O. The van der Waals surface area contributed by atoms with Crippen LogP contribution in [0.15, 0.2) is 30.3 Å². The second-order valence-electron chi connectivity index (χ2n) is 4.51. The predicted molar refractivity (Wildman–Crippen MR) is 83.4 cm³/mol. The average molecular weight is 266 g/mol. The smallest absolute Gasteiger partial charge is 0.119 e. The summed E-state index contributed by atoms with van der Waals surface area (Å²) in [4.78, 5) is 0. The van der Waals surface area contributed by atoms with E-state index in [-0.39, 0.29) is 0 Å². The highest BCUT2D eigenvalue weighted by molar-refractivity contribution is 5.20. The quantitative estimate of drug-likeness (QED) is 0.674. The monoisotopic (exact) mass is 266 g/mol. The zero-order valence-electron chi connectivity index (χ0n) is 12.3. The molecule has 0 spiro atoms. The van der Waals surface area contributed by atoms with Gasteiger partial charge in [-0.2, -0.15) is 0 Å². The lowest BCUT2D eigenvalue weighted by molar-refractivity contribution is 0.304. The molecule has 0 heterocycles. The molecule has 3 nitrogen and oxygen atoms in total. The fourth-order valence-electron chi connectivity index (χ4n) is 1.59. The maximum Gasteiger partial charge on any atom is 0.119 e. The maximum atomic E-state index is 5.61. The zero-order chi connectivity index (χ0) is 14.2. The van der Waals surface area contributed by atoms with Crippen molar-refractivity contribution in [3.8, 4) is 5.75 Å². The Hall–Kier alpha value is -1.06. The summed E-state index contributed by atoms with van der Waals surface area (Å²) in [5.41, 5.74) is 9.81. The molecule has 0 aliphatic carbocycles. The molecule has 0 aliphatic rings. The summed E-state index contributed by atoms with van der Waals surface area (Å²) in [5, 5.41) is 0. The number of unbranched alkanes of at least 4 members (excludes halogenated alkanes) is 5. The molecule has 0 aromatic heterocycles. The standard InChI is InChI=1S/C14H22O.C2H8N2/c1-2-3-4-5-6-10-13-15-14-11-8-7-9-12-14;3-1-2-4/h7-9,11-12H,2-6,10,13H2,1H3;1-4H2. The Kier molecular flexibility index (Phi) is 14.2. The van der Waals surface area contributed by atoms with Gasteiger partial charge in [-0.1, -0.05) is 57.2 Å². The van der Waals surface area contributed by atoms with Crippen LogP contribution < -0.4 is 16.2 Å². The lowest BCUT2D eigenvalue weighted by Crippen LogP contribution is -2.11. The van der Waals surface area contributed by atoms with Crippen LogP contribution in [0.2, 0.25) is 0 Å². The van der Waals surface area contributed by atoms with Crippen LogP contribution in [0.1, 0.15) is 45.4 Å². The molecule has 0 atom stereocenters. The van der Waals surface area contributed by atoms with Crippen LogP contribution in [-0.2, 0) is 0 Å². The number of benzene rings is 1. The summed E-state index contributed by atoms with van der Waals surface area (Å²) in [6.45, 7) is 4.30. The first-order valence-corrected chi connectivity index (χ1v) is 7.43. The molecule has 4 N–H and O–H groups in total. The first-order valence-electron chi connectivity index (χ1n) is 7.43. The largest absolute Gasteiger partial charge is 0.494 e. The van der Waals surface area contributed by atoms with Crippen molar-refractivity contribution in [1.29, 1.82) is 0 Å². The molecule has 19 heavy (non-hydrogen) atoms. The van der Waals surface area contributed by atoms with Gasteiger partial charge in [0.2, 0.25) is 0 Å². The third-order valence-electron chi connectivity index (χ3n) is 2.68. The second-order valence-corrected chi connectivity index (χ2v) is 4.51. The minimum Gasteiger partial charge on any atom is -0.494 e. The van der Waals surface area contributed by atoms with E-state index in [1.54, 1.807) is 0 Å². The van der Waals surface area contributed by atoms with Gasteiger partial charge in [0, 0.05) is 13.1 Å². The Bertz CT molecular complexity index is 263. The number of hydrogen-bond donors (Lipinski definition) is 2. The van der Waals surface area contributed by atoms with E-state index >= 15 is 0 Å². The van der Waals surface area contributed by atoms with Gasteiger partial charge in [0.05, 0.1) is 6.61 Å². The molecule has 0 saturated carbocycles. The highest BCUT2D eigenvalue weighted by Gasteiger charge is 1.92. The van der Waals surface area contributed by atoms with Crippen LogP contribution in [0.5, 0.6) is 5.75 Å². The third kappa shape index (κ3) is 13.2. The van der Waals surface area contributed by atoms with Gasteiger partial charge in [0.1, 0.15) is 5.75 Å². The van der Waals surface area contributed by atoms with Crippen LogP contribution >= 0.6 is 0 Å². The summed E-state index contributed by atoms with van der Waals surface area (Å²) >= 11 is 0. The Morgan fingerprint density at radius 3 is 2.00 bits per heavy atom. The van der Waals surface area contributed by atoms with Crippen molar-refractivity contribution in [3.05, 3.63) is 30.3 Å². The fourth-order valence-corrected chi connectivity index (χ4v) is 1.59. The van der Waals surface area contributed by atoms with Crippen LogP contribution in [0.3, 0.4) is 0 Å². The van der Waals surface area contributed by atoms with E-state index < -0.39 is 0 Å². The van der Waals surface area contributed by atoms with Crippen molar-refractivity contribution in [2.24, 2.45) is 11.5 Å². The molecule has 1 aromatic rings. The van der Waals surface area contributed by atoms with Gasteiger partial charge < -0.3 is 16.2 Å². The first-order chi connectivity index (χ1) is 9.35. The third-order valence-corrected chi connectivity index (χ3v) is 2.68. The van der Waals surface area contributed by atoms with Crippen molar-refractivity contribution >= 4 is 0 Å². The lowest BCUT2D eigenvalue weighted by atomic mass is 10.1.